The number of carbonyl (C=O) groups excluding carboxylic acids is 3. The second-order valence-electron chi connectivity index (χ2n) is 14.0. The molecule has 0 fully saturated rings. The first-order chi connectivity index (χ1) is 27.8. The third kappa shape index (κ3) is 9.47. The predicted molar refractivity (Wildman–Crippen MR) is 216 cm³/mol. The fourth-order valence-electron chi connectivity index (χ4n) is 7.20. The monoisotopic (exact) mass is 801 g/mol. The molecule has 58 heavy (non-hydrogen) atoms. The van der Waals surface area contributed by atoms with Crippen molar-refractivity contribution in [1.29, 1.82) is 0 Å². The number of ether oxygens (including phenoxy) is 6. The van der Waals surface area contributed by atoms with Gasteiger partial charge in [-0.25, -0.2) is 9.78 Å². The number of esters is 1. The molecule has 2 atom stereocenters. The average Bonchev–Trinajstić information content (AvgIpc) is 3.19. The molecule has 2 heterocycles. The Labute approximate surface area is 336 Å². The van der Waals surface area contributed by atoms with Crippen LogP contribution in [-0.2, 0) is 20.9 Å². The molecule has 15 heteroatoms. The number of rotatable bonds is 12. The van der Waals surface area contributed by atoms with Gasteiger partial charge in [-0.2, -0.15) is 0 Å². The first-order valence-corrected chi connectivity index (χ1v) is 19.0. The zero-order valence-electron chi connectivity index (χ0n) is 33.9. The van der Waals surface area contributed by atoms with Crippen LogP contribution in [0.5, 0.6) is 40.2 Å². The maximum Gasteiger partial charge on any atom is 0.342 e. The van der Waals surface area contributed by atoms with Crippen molar-refractivity contribution in [3.63, 3.8) is 0 Å². The minimum atomic E-state index is -1.08. The number of hydrogen-bond acceptors (Lipinski definition) is 13. The molecule has 1 aliphatic heterocycles. The summed E-state index contributed by atoms with van der Waals surface area (Å²) in [6.45, 7) is 3.49. The van der Waals surface area contributed by atoms with E-state index in [2.05, 4.69) is 10.3 Å². The molecule has 15 nitrogen and oxygen atoms in total. The molecular weight excluding hydrogens is 750 g/mol. The van der Waals surface area contributed by atoms with E-state index < -0.39 is 29.6 Å². The van der Waals surface area contributed by atoms with Gasteiger partial charge in [0.1, 0.15) is 28.7 Å². The summed E-state index contributed by atoms with van der Waals surface area (Å²) in [4.78, 5) is 58.2. The molecule has 1 aromatic heterocycles. The van der Waals surface area contributed by atoms with Crippen LogP contribution in [0, 0.1) is 6.92 Å². The van der Waals surface area contributed by atoms with Crippen LogP contribution in [0.25, 0.3) is 17.0 Å². The van der Waals surface area contributed by atoms with Gasteiger partial charge >= 0.3 is 5.97 Å². The summed E-state index contributed by atoms with van der Waals surface area (Å²) < 4.78 is 34.7. The predicted octanol–water partition coefficient (Wildman–Crippen LogP) is 5.98. The number of Topliss-reactive ketones (excluding diaryl/α,β-unsaturated/α-hetero) is 1. The average molecular weight is 802 g/mol. The van der Waals surface area contributed by atoms with Crippen LogP contribution in [0.3, 0.4) is 0 Å². The Bertz CT molecular complexity index is 2240. The van der Waals surface area contributed by atoms with Gasteiger partial charge in [0.2, 0.25) is 11.7 Å². The van der Waals surface area contributed by atoms with Crippen LogP contribution in [0.1, 0.15) is 90.7 Å². The number of aryl methyl sites for hydroxylation is 1. The van der Waals surface area contributed by atoms with E-state index in [9.17, 15) is 29.4 Å². The molecule has 3 N–H and O–H groups in total. The highest BCUT2D eigenvalue weighted by molar-refractivity contribution is 5.98. The Balaban J connectivity index is 1.54. The number of carbonyl (C=O) groups is 3. The summed E-state index contributed by atoms with van der Waals surface area (Å²) in [5.74, 6) is -1.24. The van der Waals surface area contributed by atoms with Crippen molar-refractivity contribution in [1.82, 2.24) is 14.9 Å². The number of hydrogen-bond donors (Lipinski definition) is 3. The van der Waals surface area contributed by atoms with Crippen LogP contribution in [0.2, 0.25) is 0 Å². The fourth-order valence-corrected chi connectivity index (χ4v) is 7.20. The van der Waals surface area contributed by atoms with Gasteiger partial charge in [-0.05, 0) is 74.9 Å². The topological polar surface area (TPSA) is 194 Å². The Morgan fingerprint density at radius 2 is 1.57 bits per heavy atom. The van der Waals surface area contributed by atoms with E-state index >= 15 is 0 Å². The molecule has 310 valence electrons. The molecule has 1 amide bonds. The molecule has 4 aromatic rings. The number of fused-ring (bicyclic) bond motifs is 2. The number of aromatic nitrogens is 2. The minimum absolute atomic E-state index is 0.0186. The third-order valence-electron chi connectivity index (χ3n) is 10.2. The second-order valence-corrected chi connectivity index (χ2v) is 14.0. The summed E-state index contributed by atoms with van der Waals surface area (Å²) >= 11 is 0. The Kier molecular flexibility index (Phi) is 14.2. The van der Waals surface area contributed by atoms with E-state index in [0.29, 0.717) is 72.3 Å². The van der Waals surface area contributed by atoms with Gasteiger partial charge in [-0.1, -0.05) is 12.2 Å². The smallest absolute Gasteiger partial charge is 0.342 e. The molecule has 0 spiro atoms. The van der Waals surface area contributed by atoms with Gasteiger partial charge in [-0.15, -0.1) is 0 Å². The molecule has 0 radical (unpaired) electrons. The van der Waals surface area contributed by atoms with Gasteiger partial charge < -0.3 is 44.0 Å². The highest BCUT2D eigenvalue weighted by Gasteiger charge is 2.32. The zero-order chi connectivity index (χ0) is 42.1. The van der Waals surface area contributed by atoms with Crippen LogP contribution in [0.15, 0.2) is 41.2 Å². The molecule has 0 aliphatic carbocycles. The lowest BCUT2D eigenvalue weighted by Gasteiger charge is -2.24. The number of methoxy groups -OCH3 is 5. The quantitative estimate of drug-likeness (QED) is 0.142. The third-order valence-corrected chi connectivity index (χ3v) is 10.2. The number of phenolic OH excluding ortho intramolecular Hbond substituents is 2. The molecule has 0 saturated carbocycles. The van der Waals surface area contributed by atoms with Crippen molar-refractivity contribution < 1.29 is 53.0 Å². The van der Waals surface area contributed by atoms with Gasteiger partial charge in [-0.3, -0.25) is 19.0 Å². The maximum absolute atomic E-state index is 13.9. The Morgan fingerprint density at radius 3 is 2.22 bits per heavy atom. The van der Waals surface area contributed by atoms with E-state index in [1.54, 1.807) is 50.3 Å². The van der Waals surface area contributed by atoms with E-state index in [-0.39, 0.29) is 70.5 Å². The summed E-state index contributed by atoms with van der Waals surface area (Å²) in [5.41, 5.74) is 0.383. The van der Waals surface area contributed by atoms with Gasteiger partial charge in [0.05, 0.1) is 52.6 Å². The number of benzene rings is 3. The van der Waals surface area contributed by atoms with Crippen molar-refractivity contribution in [2.24, 2.45) is 0 Å². The number of amides is 1. The number of allylic oxidation sites excluding steroid dienone is 1. The lowest BCUT2D eigenvalue weighted by molar-refractivity contribution is -0.121. The second kappa shape index (κ2) is 19.3. The van der Waals surface area contributed by atoms with Crippen LogP contribution >= 0.6 is 0 Å². The lowest BCUT2D eigenvalue weighted by atomic mass is 9.84. The Morgan fingerprint density at radius 1 is 0.914 bits per heavy atom. The first-order valence-electron chi connectivity index (χ1n) is 19.0. The minimum Gasteiger partial charge on any atom is -0.507 e. The van der Waals surface area contributed by atoms with E-state index in [1.165, 1.54) is 46.2 Å². The molecule has 1 aliphatic rings. The molecule has 1 unspecified atom stereocenters. The number of nitrogens with one attached hydrogen (secondary N) is 1. The highest BCUT2D eigenvalue weighted by Crippen LogP contribution is 2.48. The molecule has 5 rings (SSSR count). The van der Waals surface area contributed by atoms with E-state index in [0.717, 1.165) is 0 Å². The summed E-state index contributed by atoms with van der Waals surface area (Å²) in [5, 5.41) is 26.9. The van der Waals surface area contributed by atoms with Crippen molar-refractivity contribution in [3.8, 4) is 40.2 Å². The summed E-state index contributed by atoms with van der Waals surface area (Å²) in [6, 6.07) is 7.72. The molecular formula is C43H51N3O12. The van der Waals surface area contributed by atoms with E-state index in [4.69, 9.17) is 28.4 Å². The highest BCUT2D eigenvalue weighted by atomic mass is 16.5. The first kappa shape index (κ1) is 42.9. The molecule has 3 aromatic carbocycles. The number of cyclic esters (lactones) is 1. The largest absolute Gasteiger partial charge is 0.507 e. The van der Waals surface area contributed by atoms with Crippen LogP contribution in [-0.4, -0.2) is 85.6 Å². The number of phenols is 2. The fraction of sp³-hybridized carbons (Fsp3) is 0.419. The van der Waals surface area contributed by atoms with Crippen molar-refractivity contribution in [2.45, 2.75) is 77.4 Å². The van der Waals surface area contributed by atoms with Crippen LogP contribution < -0.4 is 34.6 Å². The summed E-state index contributed by atoms with van der Waals surface area (Å²) in [7, 11) is 7.27. The van der Waals surface area contributed by atoms with Gasteiger partial charge in [0.25, 0.3) is 5.56 Å². The van der Waals surface area contributed by atoms with Crippen molar-refractivity contribution >= 4 is 34.6 Å². The normalized spacial score (nSPS) is 15.5. The maximum atomic E-state index is 13.9. The van der Waals surface area contributed by atoms with Gasteiger partial charge in [0, 0.05) is 49.9 Å². The number of nitrogens with zero attached hydrogens (tertiary/aromatic N) is 2. The Hall–Kier alpha value is -6.25. The van der Waals surface area contributed by atoms with Crippen molar-refractivity contribution in [3.05, 3.63) is 74.8 Å². The SMILES string of the molecule is COc1cc2nc(C)n(CCNC(=O)CC(c3cc(OC)c(OC)c(OC)c3)c3c(O)cc4c(c3O)C(=O)O[C@@H](C)CCCC(=O)CCCC=C4)c(=O)c2cc1OC. The van der Waals surface area contributed by atoms with Crippen molar-refractivity contribution in [2.75, 3.05) is 42.1 Å². The number of ketones is 1. The lowest BCUT2D eigenvalue weighted by Crippen LogP contribution is -2.33. The molecule has 0 bridgehead atoms. The standard InChI is InChI=1S/C43H51N3O12/c1-24-12-11-15-28(47)14-10-8-9-13-26-18-32(48)39(40(50)38(26)43(52)58-24)29(27-19-35(55-5)41(57-7)36(20-27)56-6)22-37(49)44-16-17-46-25(2)45-31-23-34(54-4)33(53-3)21-30(31)42(46)51/h9,13,18-21,23-24,29,48,50H,8,10-12,14-17,22H2,1-7H3,(H,44,49)/t24-,29?/m0/s1. The number of aromatic hydroxyl groups is 2. The molecule has 0 saturated heterocycles. The van der Waals surface area contributed by atoms with E-state index in [1.807, 2.05) is 0 Å². The van der Waals surface area contributed by atoms with Gasteiger partial charge in [0.15, 0.2) is 23.0 Å². The van der Waals surface area contributed by atoms with Crippen LogP contribution in [0.4, 0.5) is 0 Å². The summed E-state index contributed by atoms with van der Waals surface area (Å²) in [6.07, 6.45) is 5.35. The zero-order valence-corrected chi connectivity index (χ0v) is 33.9.